The normalized spacial score (nSPS) is 0. The minimum absolute atomic E-state index is 0. The SMILES string of the molecule is [BaH2].[F-].[F-].[F-].[Y+3]. The van der Waals surface area contributed by atoms with Crippen LogP contribution in [-0.4, -0.2) is 48.9 Å². The standard InChI is InChI=1S/Ba.3FH.Y.2H/h;3*1H;;;/q;;;;+3;;/p-3. The summed E-state index contributed by atoms with van der Waals surface area (Å²) in [7, 11) is 0. The minimum atomic E-state index is 0. The summed E-state index contributed by atoms with van der Waals surface area (Å²) < 4.78 is 0. The summed E-state index contributed by atoms with van der Waals surface area (Å²) in [4.78, 5) is 0. The van der Waals surface area contributed by atoms with Crippen LogP contribution in [0.2, 0.25) is 0 Å². The average Bonchev–Trinajstić information content (AvgIpc) is 0. The third-order valence-corrected chi connectivity index (χ3v) is 0. The summed E-state index contributed by atoms with van der Waals surface area (Å²) in [6.45, 7) is 0. The summed E-state index contributed by atoms with van der Waals surface area (Å²) in [5, 5.41) is 0. The molecule has 0 saturated heterocycles. The molecule has 5 heteroatoms. The molecule has 0 radical (unpaired) electrons. The molecule has 0 aromatic carbocycles. The molecule has 0 aliphatic carbocycles. The van der Waals surface area contributed by atoms with Crippen LogP contribution in [0.15, 0.2) is 0 Å². The minimum Gasteiger partial charge on any atom is -1.00 e. The van der Waals surface area contributed by atoms with Crippen molar-refractivity contribution in [2.24, 2.45) is 0 Å². The van der Waals surface area contributed by atoms with Gasteiger partial charge in [0.25, 0.3) is 0 Å². The zero-order valence-corrected chi connectivity index (χ0v) is 4.55. The monoisotopic (exact) mass is 286 g/mol. The van der Waals surface area contributed by atoms with Crippen molar-refractivity contribution in [2.45, 2.75) is 0 Å². The molecule has 0 aromatic rings. The maximum absolute atomic E-state index is 0. The first kappa shape index (κ1) is 51.3. The molecule has 0 fully saturated rings. The zero-order valence-electron chi connectivity index (χ0n) is 1.71. The van der Waals surface area contributed by atoms with Crippen molar-refractivity contribution in [3.05, 3.63) is 0 Å². The molecule has 0 aliphatic rings. The number of rotatable bonds is 0. The maximum atomic E-state index is 0. The van der Waals surface area contributed by atoms with Crippen LogP contribution in [-0.2, 0) is 32.7 Å². The largest absolute Gasteiger partial charge is 3.00 e. The van der Waals surface area contributed by atoms with Gasteiger partial charge in [0.1, 0.15) is 0 Å². The fraction of sp³-hybridized carbons (Fsp3) is 0. The Morgan fingerprint density at radius 3 is 0.600 bits per heavy atom. The first-order chi connectivity index (χ1) is 0. The molecular weight excluding hydrogens is 283 g/mol. The fourth-order valence-electron chi connectivity index (χ4n) is 0. The van der Waals surface area contributed by atoms with Crippen LogP contribution in [0.25, 0.3) is 0 Å². The quantitative estimate of drug-likeness (QED) is 0.388. The Balaban J connectivity index is 0. The predicted octanol–water partition coefficient (Wildman–Crippen LogP) is -9.91. The van der Waals surface area contributed by atoms with E-state index < -0.39 is 0 Å². The van der Waals surface area contributed by atoms with E-state index in [0.717, 1.165) is 0 Å². The zero-order chi connectivity index (χ0) is 0. The van der Waals surface area contributed by atoms with Gasteiger partial charge in [-0.15, -0.1) is 0 Å². The van der Waals surface area contributed by atoms with E-state index in [2.05, 4.69) is 0 Å². The first-order valence-electron chi connectivity index (χ1n) is 0. The van der Waals surface area contributed by atoms with Gasteiger partial charge in [-0.3, -0.25) is 0 Å². The number of hydrogen-bond donors (Lipinski definition) is 0. The van der Waals surface area contributed by atoms with Gasteiger partial charge in [-0.2, -0.15) is 0 Å². The van der Waals surface area contributed by atoms with Crippen molar-refractivity contribution in [1.29, 1.82) is 0 Å². The van der Waals surface area contributed by atoms with Crippen molar-refractivity contribution >= 4 is 48.9 Å². The molecule has 0 aromatic heterocycles. The third kappa shape index (κ3) is 21.2. The molecule has 28 valence electrons. The van der Waals surface area contributed by atoms with Crippen LogP contribution >= 0.6 is 0 Å². The Kier molecular flexibility index (Phi) is 326. The number of halogens is 3. The van der Waals surface area contributed by atoms with Gasteiger partial charge in [0.2, 0.25) is 0 Å². The molecule has 0 amide bonds. The van der Waals surface area contributed by atoms with E-state index in [-0.39, 0.29) is 95.7 Å². The summed E-state index contributed by atoms with van der Waals surface area (Å²) in [6.07, 6.45) is 0. The molecule has 0 unspecified atom stereocenters. The molecule has 0 spiro atoms. The maximum Gasteiger partial charge on any atom is 3.00 e. The Labute approximate surface area is 93.5 Å². The van der Waals surface area contributed by atoms with Crippen LogP contribution in [0.4, 0.5) is 0 Å². The van der Waals surface area contributed by atoms with E-state index in [1.807, 2.05) is 0 Å². The van der Waals surface area contributed by atoms with Gasteiger partial charge >= 0.3 is 81.6 Å². The Morgan fingerprint density at radius 2 is 0.600 bits per heavy atom. The second kappa shape index (κ2) is 31.8. The van der Waals surface area contributed by atoms with E-state index in [0.29, 0.717) is 0 Å². The summed E-state index contributed by atoms with van der Waals surface area (Å²) in [5.74, 6) is 0. The molecule has 0 aliphatic heterocycles. The van der Waals surface area contributed by atoms with Gasteiger partial charge in [-0.05, 0) is 0 Å². The van der Waals surface area contributed by atoms with Gasteiger partial charge in [0, 0.05) is 0 Å². The van der Waals surface area contributed by atoms with Crippen molar-refractivity contribution in [1.82, 2.24) is 0 Å². The smallest absolute Gasteiger partial charge is 1.00 e. The van der Waals surface area contributed by atoms with Crippen molar-refractivity contribution in [3.8, 4) is 0 Å². The second-order valence-electron chi connectivity index (χ2n) is 0. The van der Waals surface area contributed by atoms with Crippen LogP contribution in [0.3, 0.4) is 0 Å². The first-order valence-corrected chi connectivity index (χ1v) is 0. The summed E-state index contributed by atoms with van der Waals surface area (Å²) in [6, 6.07) is 0. The van der Waals surface area contributed by atoms with Gasteiger partial charge in [-0.1, -0.05) is 0 Å². The Hall–Kier alpha value is 2.47. The average molecular weight is 285 g/mol. The number of hydrogen-bond acceptors (Lipinski definition) is 0. The van der Waals surface area contributed by atoms with Gasteiger partial charge in [0.15, 0.2) is 0 Å². The van der Waals surface area contributed by atoms with Crippen molar-refractivity contribution in [2.75, 3.05) is 0 Å². The second-order valence-corrected chi connectivity index (χ2v) is 0. The van der Waals surface area contributed by atoms with E-state index in [4.69, 9.17) is 0 Å². The van der Waals surface area contributed by atoms with E-state index in [1.54, 1.807) is 0 Å². The van der Waals surface area contributed by atoms with E-state index in [1.165, 1.54) is 0 Å². The van der Waals surface area contributed by atoms with E-state index in [9.17, 15) is 0 Å². The molecular formula is H2BaF3Y. The Bertz CT molecular complexity index is 6.85. The summed E-state index contributed by atoms with van der Waals surface area (Å²) >= 11 is 0. The molecule has 0 N–H and O–H groups in total. The van der Waals surface area contributed by atoms with Crippen molar-refractivity contribution < 1.29 is 46.8 Å². The van der Waals surface area contributed by atoms with Crippen LogP contribution < -0.4 is 14.1 Å². The van der Waals surface area contributed by atoms with Crippen LogP contribution in [0, 0.1) is 0 Å². The molecule has 0 bridgehead atoms. The fourth-order valence-corrected chi connectivity index (χ4v) is 0. The molecule has 5 heavy (non-hydrogen) atoms. The molecule has 0 saturated carbocycles. The van der Waals surface area contributed by atoms with Crippen molar-refractivity contribution in [3.63, 3.8) is 0 Å². The van der Waals surface area contributed by atoms with Gasteiger partial charge in [-0.25, -0.2) is 0 Å². The topological polar surface area (TPSA) is 0 Å². The molecule has 0 rings (SSSR count). The Morgan fingerprint density at radius 1 is 0.600 bits per heavy atom. The van der Waals surface area contributed by atoms with Crippen LogP contribution in [0.5, 0.6) is 0 Å². The van der Waals surface area contributed by atoms with E-state index >= 15 is 0 Å². The summed E-state index contributed by atoms with van der Waals surface area (Å²) in [5.41, 5.74) is 0. The van der Waals surface area contributed by atoms with Crippen LogP contribution in [0.1, 0.15) is 0 Å². The van der Waals surface area contributed by atoms with Gasteiger partial charge < -0.3 is 14.1 Å². The third-order valence-electron chi connectivity index (χ3n) is 0. The molecule has 0 nitrogen and oxygen atoms in total. The van der Waals surface area contributed by atoms with Gasteiger partial charge in [0.05, 0.1) is 0 Å². The molecule has 0 heterocycles. The molecule has 0 atom stereocenters. The predicted molar refractivity (Wildman–Crippen MR) is 8.54 cm³/mol.